The van der Waals surface area contributed by atoms with Crippen LogP contribution in [-0.4, -0.2) is 44.2 Å². The number of hydrogen-bond donors (Lipinski definition) is 2. The summed E-state index contributed by atoms with van der Waals surface area (Å²) in [5, 5.41) is 0. The molecule has 1 saturated heterocycles. The van der Waals surface area contributed by atoms with Gasteiger partial charge in [0, 0.05) is 23.1 Å². The Morgan fingerprint density at radius 2 is 1.52 bits per heavy atom. The van der Waals surface area contributed by atoms with E-state index in [4.69, 9.17) is 4.74 Å². The molecule has 0 saturated carbocycles. The zero-order valence-corrected chi connectivity index (χ0v) is 19.2. The number of hydrazine groups is 1. The maximum absolute atomic E-state index is 12.8. The second-order valence-electron chi connectivity index (χ2n) is 7.09. The lowest BCUT2D eigenvalue weighted by atomic mass is 10.2. The van der Waals surface area contributed by atoms with E-state index in [1.807, 2.05) is 0 Å². The largest absolute Gasteiger partial charge is 0.484 e. The maximum atomic E-state index is 12.8. The Morgan fingerprint density at radius 3 is 2.13 bits per heavy atom. The summed E-state index contributed by atoms with van der Waals surface area (Å²) in [7, 11) is -3.58. The van der Waals surface area contributed by atoms with Gasteiger partial charge in [0.1, 0.15) is 5.75 Å². The molecule has 10 heteroatoms. The van der Waals surface area contributed by atoms with Crippen molar-refractivity contribution in [1.29, 1.82) is 0 Å². The highest BCUT2D eigenvalue weighted by molar-refractivity contribution is 9.10. The summed E-state index contributed by atoms with van der Waals surface area (Å²) in [4.78, 5) is 24.3. The molecule has 0 bridgehead atoms. The lowest BCUT2D eigenvalue weighted by Gasteiger charge is -2.20. The predicted octanol–water partition coefficient (Wildman–Crippen LogP) is 2.85. The van der Waals surface area contributed by atoms with Gasteiger partial charge in [0.15, 0.2) is 6.61 Å². The fourth-order valence-electron chi connectivity index (χ4n) is 3.12. The molecule has 31 heavy (non-hydrogen) atoms. The van der Waals surface area contributed by atoms with Gasteiger partial charge in [-0.2, -0.15) is 4.31 Å². The number of ether oxygens (including phenoxy) is 1. The lowest BCUT2D eigenvalue weighted by Crippen LogP contribution is -2.43. The molecule has 0 spiro atoms. The molecule has 1 heterocycles. The monoisotopic (exact) mass is 509 g/mol. The molecule has 2 amide bonds. The van der Waals surface area contributed by atoms with Crippen molar-refractivity contribution in [2.24, 2.45) is 0 Å². The van der Waals surface area contributed by atoms with Crippen molar-refractivity contribution >= 4 is 37.8 Å². The van der Waals surface area contributed by atoms with Crippen molar-refractivity contribution in [1.82, 2.24) is 15.2 Å². The summed E-state index contributed by atoms with van der Waals surface area (Å²) in [6.07, 6.45) is 3.77. The number of rotatable bonds is 6. The van der Waals surface area contributed by atoms with Crippen molar-refractivity contribution < 1.29 is 22.7 Å². The van der Waals surface area contributed by atoms with Crippen LogP contribution in [0, 0.1) is 0 Å². The first-order valence-electron chi connectivity index (χ1n) is 9.94. The third kappa shape index (κ3) is 6.52. The number of benzene rings is 2. The number of hydrogen-bond acceptors (Lipinski definition) is 5. The summed E-state index contributed by atoms with van der Waals surface area (Å²) in [5.41, 5.74) is 4.78. The molecule has 166 valence electrons. The first kappa shape index (κ1) is 23.2. The number of carbonyl (C=O) groups is 2. The Hall–Kier alpha value is -2.43. The number of nitrogens with zero attached hydrogens (tertiary/aromatic N) is 1. The third-order valence-electron chi connectivity index (χ3n) is 4.82. The fraction of sp³-hybridized carbons (Fsp3) is 0.333. The van der Waals surface area contributed by atoms with Crippen molar-refractivity contribution in [3.05, 3.63) is 58.6 Å². The molecular formula is C21H24BrN3O5S. The minimum atomic E-state index is -3.58. The molecule has 2 aromatic rings. The second-order valence-corrected chi connectivity index (χ2v) is 9.94. The van der Waals surface area contributed by atoms with Gasteiger partial charge in [-0.1, -0.05) is 28.8 Å². The number of halogens is 1. The van der Waals surface area contributed by atoms with Gasteiger partial charge in [-0.05, 0) is 61.4 Å². The topological polar surface area (TPSA) is 105 Å². The summed E-state index contributed by atoms with van der Waals surface area (Å²) in [6.45, 7) is 0.757. The van der Waals surface area contributed by atoms with E-state index in [0.717, 1.165) is 30.2 Å². The van der Waals surface area contributed by atoms with E-state index in [0.29, 0.717) is 18.8 Å². The van der Waals surface area contributed by atoms with Crippen molar-refractivity contribution in [2.45, 2.75) is 30.6 Å². The Labute approximate surface area is 190 Å². The smallest absolute Gasteiger partial charge is 0.276 e. The normalized spacial score (nSPS) is 15.0. The highest BCUT2D eigenvalue weighted by atomic mass is 79.9. The van der Waals surface area contributed by atoms with Crippen LogP contribution < -0.4 is 15.6 Å². The molecule has 1 aliphatic rings. The minimum absolute atomic E-state index is 0.151. The number of nitrogens with one attached hydrogen (secondary N) is 2. The molecule has 8 nitrogen and oxygen atoms in total. The van der Waals surface area contributed by atoms with E-state index in [2.05, 4.69) is 26.8 Å². The van der Waals surface area contributed by atoms with Crippen LogP contribution in [-0.2, 0) is 14.8 Å². The molecule has 0 radical (unpaired) electrons. The first-order chi connectivity index (χ1) is 14.9. The van der Waals surface area contributed by atoms with Gasteiger partial charge >= 0.3 is 0 Å². The van der Waals surface area contributed by atoms with Crippen LogP contribution in [0.5, 0.6) is 5.75 Å². The van der Waals surface area contributed by atoms with Gasteiger partial charge in [0.25, 0.3) is 11.8 Å². The summed E-state index contributed by atoms with van der Waals surface area (Å²) >= 11 is 3.31. The second kappa shape index (κ2) is 10.7. The first-order valence-corrected chi connectivity index (χ1v) is 12.2. The molecule has 1 fully saturated rings. The van der Waals surface area contributed by atoms with E-state index >= 15 is 0 Å². The zero-order valence-electron chi connectivity index (χ0n) is 16.8. The van der Waals surface area contributed by atoms with E-state index in [-0.39, 0.29) is 17.1 Å². The van der Waals surface area contributed by atoms with Gasteiger partial charge in [0.05, 0.1) is 4.90 Å². The van der Waals surface area contributed by atoms with Crippen molar-refractivity contribution in [3.8, 4) is 5.75 Å². The third-order valence-corrected chi connectivity index (χ3v) is 7.26. The van der Waals surface area contributed by atoms with E-state index < -0.39 is 21.8 Å². The summed E-state index contributed by atoms with van der Waals surface area (Å²) in [6, 6.07) is 12.6. The Morgan fingerprint density at radius 1 is 0.903 bits per heavy atom. The molecule has 3 rings (SSSR count). The fourth-order valence-corrected chi connectivity index (χ4v) is 4.91. The molecule has 2 aromatic carbocycles. The van der Waals surface area contributed by atoms with Gasteiger partial charge < -0.3 is 4.74 Å². The maximum Gasteiger partial charge on any atom is 0.276 e. The molecule has 1 aliphatic heterocycles. The number of carbonyl (C=O) groups excluding carboxylic acids is 2. The minimum Gasteiger partial charge on any atom is -0.484 e. The van der Waals surface area contributed by atoms with Gasteiger partial charge in [0.2, 0.25) is 10.0 Å². The van der Waals surface area contributed by atoms with E-state index in [1.165, 1.54) is 28.6 Å². The molecule has 0 unspecified atom stereocenters. The van der Waals surface area contributed by atoms with Crippen LogP contribution in [0.1, 0.15) is 36.0 Å². The van der Waals surface area contributed by atoms with Crippen LogP contribution in [0.15, 0.2) is 57.9 Å². The summed E-state index contributed by atoms with van der Waals surface area (Å²) in [5.74, 6) is -0.571. The number of amides is 2. The predicted molar refractivity (Wildman–Crippen MR) is 119 cm³/mol. The van der Waals surface area contributed by atoms with Crippen LogP contribution >= 0.6 is 15.9 Å². The summed E-state index contributed by atoms with van der Waals surface area (Å²) < 4.78 is 33.3. The zero-order chi connectivity index (χ0) is 22.3. The standard InChI is InChI=1S/C21H24BrN3O5S/c22-17-7-9-18(10-8-17)30-15-20(26)23-24-21(27)16-5-11-19(12-6-16)31(28,29)25-13-3-1-2-4-14-25/h5-12H,1-4,13-15H2,(H,23,26)(H,24,27). The van der Waals surface area contributed by atoms with Crippen molar-refractivity contribution in [2.75, 3.05) is 19.7 Å². The average Bonchev–Trinajstić information content (AvgIpc) is 3.07. The van der Waals surface area contributed by atoms with E-state index in [9.17, 15) is 18.0 Å². The Bertz CT molecular complexity index is 1000. The van der Waals surface area contributed by atoms with Gasteiger partial charge in [-0.25, -0.2) is 8.42 Å². The van der Waals surface area contributed by atoms with Gasteiger partial charge in [-0.3, -0.25) is 20.4 Å². The Kier molecular flexibility index (Phi) is 8.05. The van der Waals surface area contributed by atoms with E-state index in [1.54, 1.807) is 24.3 Å². The highest BCUT2D eigenvalue weighted by Crippen LogP contribution is 2.20. The SMILES string of the molecule is O=C(COc1ccc(Br)cc1)NNC(=O)c1ccc(S(=O)(=O)N2CCCCCC2)cc1. The highest BCUT2D eigenvalue weighted by Gasteiger charge is 2.25. The molecular weight excluding hydrogens is 486 g/mol. The van der Waals surface area contributed by atoms with Crippen LogP contribution in [0.2, 0.25) is 0 Å². The average molecular weight is 510 g/mol. The lowest BCUT2D eigenvalue weighted by molar-refractivity contribution is -0.123. The molecule has 0 atom stereocenters. The Balaban J connectivity index is 1.51. The molecule has 0 aliphatic carbocycles. The molecule has 2 N–H and O–H groups in total. The number of sulfonamides is 1. The van der Waals surface area contributed by atoms with Crippen LogP contribution in [0.25, 0.3) is 0 Å². The van der Waals surface area contributed by atoms with Crippen LogP contribution in [0.3, 0.4) is 0 Å². The van der Waals surface area contributed by atoms with Crippen LogP contribution in [0.4, 0.5) is 0 Å². The van der Waals surface area contributed by atoms with Crippen molar-refractivity contribution in [3.63, 3.8) is 0 Å². The molecule has 0 aromatic heterocycles. The van der Waals surface area contributed by atoms with Gasteiger partial charge in [-0.15, -0.1) is 0 Å². The quantitative estimate of drug-likeness (QED) is 0.582.